The van der Waals surface area contributed by atoms with Crippen LogP contribution in [0.4, 0.5) is 0 Å². The van der Waals surface area contributed by atoms with Crippen molar-refractivity contribution in [2.45, 2.75) is 37.5 Å². The first-order valence-corrected chi connectivity index (χ1v) is 10.1. The molecule has 4 aromatic rings. The molecule has 29 heavy (non-hydrogen) atoms. The maximum absolute atomic E-state index is 5.67. The van der Waals surface area contributed by atoms with Crippen LogP contribution in [0.2, 0.25) is 0 Å². The molecule has 0 saturated heterocycles. The predicted octanol–water partition coefficient (Wildman–Crippen LogP) is 4.06. The van der Waals surface area contributed by atoms with Crippen molar-refractivity contribution in [3.8, 4) is 11.3 Å². The van der Waals surface area contributed by atoms with E-state index in [-0.39, 0.29) is 11.3 Å². The highest BCUT2D eigenvalue weighted by atomic mass is 16.5. The first kappa shape index (κ1) is 16.7. The fourth-order valence-corrected chi connectivity index (χ4v) is 5.72. The van der Waals surface area contributed by atoms with Gasteiger partial charge in [-0.25, -0.2) is 0 Å². The summed E-state index contributed by atoms with van der Waals surface area (Å²) in [7, 11) is 0. The smallest absolute Gasteiger partial charge is 0.143 e. The van der Waals surface area contributed by atoms with Crippen molar-refractivity contribution in [3.63, 3.8) is 0 Å². The SMILES string of the molecule is C[C@@H]1c2oncc2C[C@]2(c3ccccc3)c3n[nH]c(-c4ccnnc4)c3CC[C@@H]12. The van der Waals surface area contributed by atoms with Gasteiger partial charge in [-0.2, -0.15) is 15.3 Å². The van der Waals surface area contributed by atoms with Gasteiger partial charge in [-0.1, -0.05) is 42.4 Å². The van der Waals surface area contributed by atoms with E-state index in [1.807, 2.05) is 12.3 Å². The number of hydrogen-bond donors (Lipinski definition) is 1. The Balaban J connectivity index is 1.61. The van der Waals surface area contributed by atoms with Gasteiger partial charge in [0.1, 0.15) is 5.76 Å². The number of rotatable bonds is 2. The molecular weight excluding hydrogens is 362 g/mol. The minimum atomic E-state index is -0.192. The number of aromatic nitrogens is 5. The molecule has 3 atom stereocenters. The maximum Gasteiger partial charge on any atom is 0.143 e. The molecule has 0 amide bonds. The molecule has 0 radical (unpaired) electrons. The lowest BCUT2D eigenvalue weighted by Crippen LogP contribution is -2.47. The van der Waals surface area contributed by atoms with E-state index in [9.17, 15) is 0 Å². The highest BCUT2D eigenvalue weighted by molar-refractivity contribution is 5.65. The summed E-state index contributed by atoms with van der Waals surface area (Å²) in [6.07, 6.45) is 8.34. The molecule has 0 bridgehead atoms. The average molecular weight is 383 g/mol. The van der Waals surface area contributed by atoms with Crippen molar-refractivity contribution < 1.29 is 4.52 Å². The van der Waals surface area contributed by atoms with Crippen LogP contribution in [0.25, 0.3) is 11.3 Å². The summed E-state index contributed by atoms with van der Waals surface area (Å²) in [4.78, 5) is 0. The summed E-state index contributed by atoms with van der Waals surface area (Å²) in [5, 5.41) is 20.4. The van der Waals surface area contributed by atoms with Gasteiger partial charge in [0, 0.05) is 28.0 Å². The van der Waals surface area contributed by atoms with Crippen molar-refractivity contribution in [1.29, 1.82) is 0 Å². The number of aromatic amines is 1. The molecule has 0 spiro atoms. The molecule has 6 rings (SSSR count). The van der Waals surface area contributed by atoms with Crippen LogP contribution in [-0.2, 0) is 18.3 Å². The third-order valence-corrected chi connectivity index (χ3v) is 6.95. The molecule has 2 aliphatic carbocycles. The molecule has 3 aromatic heterocycles. The van der Waals surface area contributed by atoms with Gasteiger partial charge < -0.3 is 4.52 Å². The molecule has 1 N–H and O–H groups in total. The second-order valence-electron chi connectivity index (χ2n) is 8.22. The van der Waals surface area contributed by atoms with E-state index in [1.54, 1.807) is 12.4 Å². The number of hydrogen-bond acceptors (Lipinski definition) is 5. The van der Waals surface area contributed by atoms with Crippen molar-refractivity contribution in [1.82, 2.24) is 25.6 Å². The van der Waals surface area contributed by atoms with Gasteiger partial charge in [0.05, 0.1) is 30.0 Å². The van der Waals surface area contributed by atoms with Gasteiger partial charge in [-0.15, -0.1) is 0 Å². The highest BCUT2D eigenvalue weighted by Gasteiger charge is 2.54. The molecule has 0 fully saturated rings. The summed E-state index contributed by atoms with van der Waals surface area (Å²) in [5.74, 6) is 1.74. The van der Waals surface area contributed by atoms with Crippen LogP contribution in [0.1, 0.15) is 47.4 Å². The quantitative estimate of drug-likeness (QED) is 0.564. The molecule has 0 saturated carbocycles. The summed E-state index contributed by atoms with van der Waals surface area (Å²) in [6, 6.07) is 12.8. The Hall–Kier alpha value is -3.28. The number of fused-ring (bicyclic) bond motifs is 4. The Morgan fingerprint density at radius 3 is 2.83 bits per heavy atom. The highest BCUT2D eigenvalue weighted by Crippen LogP contribution is 2.57. The van der Waals surface area contributed by atoms with Crippen molar-refractivity contribution in [3.05, 3.63) is 83.1 Å². The van der Waals surface area contributed by atoms with Crippen LogP contribution < -0.4 is 0 Å². The zero-order valence-corrected chi connectivity index (χ0v) is 16.2. The largest absolute Gasteiger partial charge is 0.361 e. The Labute approximate surface area is 168 Å². The molecule has 3 heterocycles. The topological polar surface area (TPSA) is 80.5 Å². The van der Waals surface area contributed by atoms with Gasteiger partial charge in [0.2, 0.25) is 0 Å². The van der Waals surface area contributed by atoms with Crippen LogP contribution in [0, 0.1) is 5.92 Å². The van der Waals surface area contributed by atoms with Crippen LogP contribution >= 0.6 is 0 Å². The van der Waals surface area contributed by atoms with Crippen molar-refractivity contribution >= 4 is 0 Å². The molecule has 6 heteroatoms. The number of nitrogens with one attached hydrogen (secondary N) is 1. The number of benzene rings is 1. The maximum atomic E-state index is 5.67. The molecule has 144 valence electrons. The lowest BCUT2D eigenvalue weighted by atomic mass is 9.53. The second kappa shape index (κ2) is 6.11. The van der Waals surface area contributed by atoms with Gasteiger partial charge in [0.25, 0.3) is 0 Å². The molecule has 6 nitrogen and oxygen atoms in total. The fraction of sp³-hybridized carbons (Fsp3) is 0.304. The summed E-state index contributed by atoms with van der Waals surface area (Å²) >= 11 is 0. The average Bonchev–Trinajstić information content (AvgIpc) is 3.42. The summed E-state index contributed by atoms with van der Waals surface area (Å²) in [6.45, 7) is 2.27. The predicted molar refractivity (Wildman–Crippen MR) is 107 cm³/mol. The van der Waals surface area contributed by atoms with Gasteiger partial charge >= 0.3 is 0 Å². The Bertz CT molecular complexity index is 1170. The van der Waals surface area contributed by atoms with E-state index in [0.29, 0.717) is 5.92 Å². The zero-order valence-electron chi connectivity index (χ0n) is 16.2. The second-order valence-corrected chi connectivity index (χ2v) is 8.22. The molecule has 1 aromatic carbocycles. The van der Waals surface area contributed by atoms with E-state index in [0.717, 1.165) is 42.0 Å². The van der Waals surface area contributed by atoms with Gasteiger partial charge in [0.15, 0.2) is 0 Å². The summed E-state index contributed by atoms with van der Waals surface area (Å²) in [5.41, 5.74) is 6.87. The fourth-order valence-electron chi connectivity index (χ4n) is 5.72. The number of H-pyrrole nitrogens is 1. The lowest BCUT2D eigenvalue weighted by molar-refractivity contribution is 0.190. The van der Waals surface area contributed by atoms with Crippen LogP contribution in [0.3, 0.4) is 0 Å². The third kappa shape index (κ3) is 2.23. The Kier molecular flexibility index (Phi) is 3.51. The first-order chi connectivity index (χ1) is 14.3. The third-order valence-electron chi connectivity index (χ3n) is 6.95. The Morgan fingerprint density at radius 1 is 1.10 bits per heavy atom. The van der Waals surface area contributed by atoms with Crippen LogP contribution in [0.15, 0.2) is 59.5 Å². The van der Waals surface area contributed by atoms with E-state index in [4.69, 9.17) is 9.62 Å². The van der Waals surface area contributed by atoms with Crippen molar-refractivity contribution in [2.24, 2.45) is 5.92 Å². The minimum absolute atomic E-state index is 0.192. The van der Waals surface area contributed by atoms with E-state index >= 15 is 0 Å². The lowest BCUT2D eigenvalue weighted by Gasteiger charge is -2.48. The van der Waals surface area contributed by atoms with Gasteiger partial charge in [-0.05, 0) is 36.8 Å². The van der Waals surface area contributed by atoms with Crippen molar-refractivity contribution in [2.75, 3.05) is 0 Å². The first-order valence-electron chi connectivity index (χ1n) is 10.1. The van der Waals surface area contributed by atoms with Crippen LogP contribution in [0.5, 0.6) is 0 Å². The standard InChI is InChI=1S/C23H21N5O/c1-14-19-8-7-18-20(15-9-10-24-25-12-15)27-28-22(18)23(19,17-5-3-2-4-6-17)11-16-13-26-29-21(14)16/h2-6,9-10,12-14,19H,7-8,11H2,1H3,(H,27,28)/t14-,19-,23+/m0/s1. The molecular formula is C23H21N5O. The number of nitrogens with zero attached hydrogens (tertiary/aromatic N) is 4. The molecule has 2 aliphatic rings. The molecule has 0 unspecified atom stereocenters. The Morgan fingerprint density at radius 2 is 2.00 bits per heavy atom. The van der Waals surface area contributed by atoms with E-state index < -0.39 is 0 Å². The molecule has 0 aliphatic heterocycles. The van der Waals surface area contributed by atoms with Crippen LogP contribution in [-0.4, -0.2) is 25.6 Å². The monoisotopic (exact) mass is 383 g/mol. The zero-order chi connectivity index (χ0) is 19.4. The minimum Gasteiger partial charge on any atom is -0.361 e. The normalized spacial score (nSPS) is 25.1. The van der Waals surface area contributed by atoms with E-state index in [2.05, 4.69) is 57.7 Å². The van der Waals surface area contributed by atoms with E-state index in [1.165, 1.54) is 16.7 Å². The summed E-state index contributed by atoms with van der Waals surface area (Å²) < 4.78 is 5.67. The van der Waals surface area contributed by atoms with Gasteiger partial charge in [-0.3, -0.25) is 5.10 Å².